The molecule has 0 amide bonds. The zero-order valence-corrected chi connectivity index (χ0v) is 10.7. The lowest BCUT2D eigenvalue weighted by Gasteiger charge is -2.14. The largest absolute Gasteiger partial charge is 0.469 e. The van der Waals surface area contributed by atoms with Crippen molar-refractivity contribution in [1.29, 1.82) is 0 Å². The van der Waals surface area contributed by atoms with Gasteiger partial charge >= 0.3 is 5.97 Å². The van der Waals surface area contributed by atoms with Crippen molar-refractivity contribution >= 4 is 23.6 Å². The number of anilines is 2. The molecule has 0 saturated heterocycles. The van der Waals surface area contributed by atoms with Crippen LogP contribution in [0.1, 0.15) is 29.6 Å². The Morgan fingerprint density at radius 1 is 1.47 bits per heavy atom. The van der Waals surface area contributed by atoms with Gasteiger partial charge in [0.05, 0.1) is 18.5 Å². The highest BCUT2D eigenvalue weighted by molar-refractivity contribution is 5.91. The Labute approximate surface area is 111 Å². The molecule has 1 N–H and O–H groups in total. The molecule has 0 unspecified atom stereocenters. The number of nitrogens with zero attached hydrogens (tertiary/aromatic N) is 1. The Kier molecular flexibility index (Phi) is 4.35. The van der Waals surface area contributed by atoms with Gasteiger partial charge in [-0.1, -0.05) is 6.07 Å². The number of hydrogen-bond donors (Lipinski definition) is 1. The summed E-state index contributed by atoms with van der Waals surface area (Å²) in [5.74, 6) is -0.205. The van der Waals surface area contributed by atoms with E-state index in [4.69, 9.17) is 4.94 Å². The van der Waals surface area contributed by atoms with Gasteiger partial charge in [-0.25, -0.2) is 10.5 Å². The van der Waals surface area contributed by atoms with Gasteiger partial charge in [0.25, 0.3) is 0 Å². The molecule has 0 spiro atoms. The van der Waals surface area contributed by atoms with Crippen molar-refractivity contribution in [3.05, 3.63) is 23.8 Å². The summed E-state index contributed by atoms with van der Waals surface area (Å²) in [5.41, 5.74) is 4.82. The van der Waals surface area contributed by atoms with Crippen molar-refractivity contribution in [2.24, 2.45) is 0 Å². The van der Waals surface area contributed by atoms with Gasteiger partial charge in [-0.15, -0.1) is 0 Å². The third-order valence-corrected chi connectivity index (χ3v) is 2.95. The molecule has 0 bridgehead atoms. The Morgan fingerprint density at radius 2 is 2.32 bits per heavy atom. The van der Waals surface area contributed by atoms with Gasteiger partial charge in [-0.3, -0.25) is 9.59 Å². The van der Waals surface area contributed by atoms with Crippen LogP contribution < -0.4 is 10.5 Å². The molecular weight excluding hydrogens is 248 g/mol. The molecule has 1 aromatic carbocycles. The number of carbonyl (C=O) groups excluding carboxylic acids is 2. The van der Waals surface area contributed by atoms with E-state index in [0.29, 0.717) is 24.2 Å². The van der Waals surface area contributed by atoms with Crippen molar-refractivity contribution in [1.82, 2.24) is 0 Å². The summed E-state index contributed by atoms with van der Waals surface area (Å²) < 4.78 is 4.57. The third-order valence-electron chi connectivity index (χ3n) is 2.95. The number of hydroxylamine groups is 1. The molecule has 102 valence electrons. The maximum absolute atomic E-state index is 11.0. The average Bonchev–Trinajstić information content (AvgIpc) is 2.86. The monoisotopic (exact) mass is 264 g/mol. The molecule has 1 aromatic rings. The summed E-state index contributed by atoms with van der Waals surface area (Å²) in [5, 5.41) is 1.68. The number of rotatable bonds is 6. The van der Waals surface area contributed by atoms with Crippen LogP contribution in [0.25, 0.3) is 0 Å². The molecule has 6 heteroatoms. The lowest BCUT2D eigenvalue weighted by Crippen LogP contribution is -2.21. The van der Waals surface area contributed by atoms with Crippen molar-refractivity contribution in [2.45, 2.75) is 19.3 Å². The van der Waals surface area contributed by atoms with Gasteiger partial charge < -0.3 is 4.74 Å². The van der Waals surface area contributed by atoms with Crippen LogP contribution in [-0.2, 0) is 14.5 Å². The molecule has 6 nitrogen and oxygen atoms in total. The standard InChI is InChI=1S/C13H16N2O4/c1-18-12(17)7-2-3-8-15-11-6-4-5-10(9-16)13(11)14-19-15/h4-6,9,14H,2-3,7-8H2,1H3. The second kappa shape index (κ2) is 6.19. The maximum Gasteiger partial charge on any atom is 0.305 e. The van der Waals surface area contributed by atoms with Crippen LogP contribution in [0.15, 0.2) is 18.2 Å². The fourth-order valence-electron chi connectivity index (χ4n) is 1.92. The van der Waals surface area contributed by atoms with Crippen LogP contribution >= 0.6 is 0 Å². The van der Waals surface area contributed by atoms with Crippen molar-refractivity contribution in [2.75, 3.05) is 24.2 Å². The molecule has 0 atom stereocenters. The zero-order chi connectivity index (χ0) is 13.7. The average molecular weight is 264 g/mol. The molecule has 0 aliphatic carbocycles. The Balaban J connectivity index is 1.89. The minimum atomic E-state index is -0.205. The zero-order valence-electron chi connectivity index (χ0n) is 10.7. The fraction of sp³-hybridized carbons (Fsp3) is 0.385. The summed E-state index contributed by atoms with van der Waals surface area (Å²) in [4.78, 5) is 27.2. The number of hydrogen-bond acceptors (Lipinski definition) is 6. The number of para-hydroxylation sites is 1. The van der Waals surface area contributed by atoms with E-state index >= 15 is 0 Å². The molecule has 2 rings (SSSR count). The minimum absolute atomic E-state index is 0.205. The lowest BCUT2D eigenvalue weighted by molar-refractivity contribution is -0.140. The topological polar surface area (TPSA) is 67.9 Å². The number of carbonyl (C=O) groups is 2. The number of fused-ring (bicyclic) bond motifs is 1. The first-order valence-corrected chi connectivity index (χ1v) is 6.11. The van der Waals surface area contributed by atoms with Crippen molar-refractivity contribution in [3.8, 4) is 0 Å². The molecule has 0 saturated carbocycles. The SMILES string of the molecule is COC(=O)CCCCN1ONc2c(C=O)cccc21. The van der Waals surface area contributed by atoms with E-state index in [0.717, 1.165) is 24.8 Å². The maximum atomic E-state index is 11.0. The Bertz CT molecular complexity index is 476. The minimum Gasteiger partial charge on any atom is -0.469 e. The molecule has 0 radical (unpaired) electrons. The van der Waals surface area contributed by atoms with E-state index in [9.17, 15) is 9.59 Å². The summed E-state index contributed by atoms with van der Waals surface area (Å²) in [6.07, 6.45) is 2.71. The normalized spacial score (nSPS) is 12.8. The van der Waals surface area contributed by atoms with Gasteiger partial charge in [0, 0.05) is 18.5 Å². The van der Waals surface area contributed by atoms with E-state index in [2.05, 4.69) is 10.2 Å². The van der Waals surface area contributed by atoms with Crippen LogP contribution in [0.5, 0.6) is 0 Å². The number of esters is 1. The lowest BCUT2D eigenvalue weighted by atomic mass is 10.1. The summed E-state index contributed by atoms with van der Waals surface area (Å²) in [6, 6.07) is 5.41. The first-order chi connectivity index (χ1) is 9.26. The molecule has 1 heterocycles. The summed E-state index contributed by atoms with van der Waals surface area (Å²) >= 11 is 0. The van der Waals surface area contributed by atoms with Crippen LogP contribution in [0.4, 0.5) is 11.4 Å². The highest BCUT2D eigenvalue weighted by Crippen LogP contribution is 2.34. The highest BCUT2D eigenvalue weighted by Gasteiger charge is 2.22. The van der Waals surface area contributed by atoms with Crippen molar-refractivity contribution in [3.63, 3.8) is 0 Å². The van der Waals surface area contributed by atoms with Gasteiger partial charge in [0.2, 0.25) is 0 Å². The molecule has 0 fully saturated rings. The number of methoxy groups -OCH3 is 1. The van der Waals surface area contributed by atoms with Gasteiger partial charge in [-0.05, 0) is 25.0 Å². The van der Waals surface area contributed by atoms with E-state index < -0.39 is 0 Å². The van der Waals surface area contributed by atoms with E-state index in [1.54, 1.807) is 17.2 Å². The number of ether oxygens (including phenoxy) is 1. The number of benzene rings is 1. The predicted octanol–water partition coefficient (Wildman–Crippen LogP) is 1.92. The van der Waals surface area contributed by atoms with Crippen LogP contribution in [0.2, 0.25) is 0 Å². The number of aldehydes is 1. The van der Waals surface area contributed by atoms with Gasteiger partial charge in [0.1, 0.15) is 0 Å². The number of unbranched alkanes of at least 4 members (excludes halogenated alkanes) is 1. The molecule has 0 aromatic heterocycles. The van der Waals surface area contributed by atoms with Crippen LogP contribution in [-0.4, -0.2) is 25.9 Å². The number of nitrogens with one attached hydrogen (secondary N) is 1. The smallest absolute Gasteiger partial charge is 0.305 e. The van der Waals surface area contributed by atoms with Crippen LogP contribution in [0, 0.1) is 0 Å². The summed E-state index contributed by atoms with van der Waals surface area (Å²) in [7, 11) is 1.38. The molecule has 1 aliphatic heterocycles. The second-order valence-corrected chi connectivity index (χ2v) is 4.19. The molecule has 1 aliphatic rings. The molecule has 19 heavy (non-hydrogen) atoms. The summed E-state index contributed by atoms with van der Waals surface area (Å²) in [6.45, 7) is 0.638. The highest BCUT2D eigenvalue weighted by atomic mass is 16.8. The third kappa shape index (κ3) is 3.03. The quantitative estimate of drug-likeness (QED) is 0.481. The molecular formula is C13H16N2O4. The van der Waals surface area contributed by atoms with Gasteiger partial charge in [0.15, 0.2) is 6.29 Å². The first-order valence-electron chi connectivity index (χ1n) is 6.11. The van der Waals surface area contributed by atoms with E-state index in [1.165, 1.54) is 7.11 Å². The first kappa shape index (κ1) is 13.4. The Hall–Kier alpha value is -2.08. The Morgan fingerprint density at radius 3 is 3.05 bits per heavy atom. The van der Waals surface area contributed by atoms with E-state index in [1.807, 2.05) is 6.07 Å². The second-order valence-electron chi connectivity index (χ2n) is 4.19. The predicted molar refractivity (Wildman–Crippen MR) is 69.8 cm³/mol. The van der Waals surface area contributed by atoms with Crippen LogP contribution in [0.3, 0.4) is 0 Å². The van der Waals surface area contributed by atoms with Crippen molar-refractivity contribution < 1.29 is 19.3 Å². The fourth-order valence-corrected chi connectivity index (χ4v) is 1.92. The van der Waals surface area contributed by atoms with E-state index in [-0.39, 0.29) is 5.97 Å². The van der Waals surface area contributed by atoms with Gasteiger partial charge in [-0.2, -0.15) is 4.94 Å².